The van der Waals surface area contributed by atoms with Crippen LogP contribution >= 0.6 is 0 Å². The van der Waals surface area contributed by atoms with Gasteiger partial charge in [0.05, 0.1) is 23.8 Å². The third kappa shape index (κ3) is 3.93. The number of rotatable bonds is 5. The van der Waals surface area contributed by atoms with Crippen LogP contribution in [0.25, 0.3) is 0 Å². The van der Waals surface area contributed by atoms with Gasteiger partial charge in [0.15, 0.2) is 0 Å². The Hall–Kier alpha value is -3.03. The average molecular weight is 474 g/mol. The van der Waals surface area contributed by atoms with E-state index in [2.05, 4.69) is 0 Å². The molecule has 2 aromatic rings. The van der Waals surface area contributed by atoms with Crippen molar-refractivity contribution in [2.45, 2.75) is 50.1 Å². The van der Waals surface area contributed by atoms with E-state index in [0.717, 1.165) is 37.0 Å². The quantitative estimate of drug-likeness (QED) is 0.419. The fourth-order valence-corrected chi connectivity index (χ4v) is 6.86. The van der Waals surface area contributed by atoms with Gasteiger partial charge in [-0.15, -0.1) is 0 Å². The van der Waals surface area contributed by atoms with E-state index in [4.69, 9.17) is 14.6 Å². The number of carbonyl (C=O) groups is 2. The molecule has 2 aromatic carbocycles. The van der Waals surface area contributed by atoms with Crippen LogP contribution in [-0.2, 0) is 11.6 Å². The molecule has 4 saturated carbocycles. The highest BCUT2D eigenvalue weighted by Crippen LogP contribution is 2.62. The Labute approximate surface area is 194 Å². The highest BCUT2D eigenvalue weighted by atomic mass is 19.4. The van der Waals surface area contributed by atoms with E-state index in [9.17, 15) is 22.8 Å². The first kappa shape index (κ1) is 22.7. The molecule has 0 heterocycles. The second-order valence-corrected chi connectivity index (χ2v) is 10.0. The Bertz CT molecular complexity index is 1120. The predicted molar refractivity (Wildman–Crippen MR) is 116 cm³/mol. The maximum Gasteiger partial charge on any atom is 0.417 e. The van der Waals surface area contributed by atoms with E-state index in [1.807, 2.05) is 0 Å². The maximum atomic E-state index is 13.3. The molecule has 4 aliphatic rings. The van der Waals surface area contributed by atoms with Crippen molar-refractivity contribution in [3.8, 4) is 11.5 Å². The van der Waals surface area contributed by atoms with Crippen LogP contribution < -0.4 is 9.47 Å². The van der Waals surface area contributed by atoms with Crippen LogP contribution in [0.1, 0.15) is 70.4 Å². The number of alkyl halides is 3. The number of esters is 1. The second-order valence-electron chi connectivity index (χ2n) is 10.0. The molecule has 4 aliphatic carbocycles. The zero-order chi connectivity index (χ0) is 24.3. The molecule has 0 atom stereocenters. The number of hydrogen-bond donors (Lipinski definition) is 1. The average Bonchev–Trinajstić information content (AvgIpc) is 2.77. The molecule has 180 valence electrons. The largest absolute Gasteiger partial charge is 0.496 e. The molecule has 5 nitrogen and oxygen atoms in total. The zero-order valence-electron chi connectivity index (χ0n) is 18.7. The van der Waals surface area contributed by atoms with Crippen LogP contribution in [0.2, 0.25) is 0 Å². The highest BCUT2D eigenvalue weighted by molar-refractivity contribution is 5.92. The number of aromatic carboxylic acids is 1. The molecule has 0 radical (unpaired) electrons. The fourth-order valence-electron chi connectivity index (χ4n) is 6.86. The SMILES string of the molecule is COc1ccc(C(=O)Oc2ccc(C(=O)O)c(C(F)(F)F)c2)cc1C12CC3CC(CC(C3)C1)C2. The first-order valence-electron chi connectivity index (χ1n) is 11.4. The van der Waals surface area contributed by atoms with Crippen molar-refractivity contribution in [2.75, 3.05) is 7.11 Å². The van der Waals surface area contributed by atoms with Crippen LogP contribution in [0.15, 0.2) is 36.4 Å². The highest BCUT2D eigenvalue weighted by Gasteiger charge is 2.52. The lowest BCUT2D eigenvalue weighted by atomic mass is 9.48. The number of carboxylic acid groups (broad SMARTS) is 1. The molecule has 4 fully saturated rings. The van der Waals surface area contributed by atoms with E-state index >= 15 is 0 Å². The summed E-state index contributed by atoms with van der Waals surface area (Å²) in [4.78, 5) is 24.1. The molecular formula is C26H25F3O5. The standard InChI is InChI=1S/C26H25F3O5/c1-33-22-5-2-17(9-21(22)25-11-14-6-15(12-25)8-16(7-14)13-25)24(32)34-18-3-4-19(23(30)31)20(10-18)26(27,28)29/h2-5,9-10,14-16H,6-8,11-13H2,1H3,(H,30,31). The molecule has 1 N–H and O–H groups in total. The van der Waals surface area contributed by atoms with Crippen LogP contribution in [0.4, 0.5) is 13.2 Å². The van der Waals surface area contributed by atoms with E-state index < -0.39 is 29.2 Å². The lowest BCUT2D eigenvalue weighted by molar-refractivity contribution is -0.138. The molecule has 0 aromatic heterocycles. The lowest BCUT2D eigenvalue weighted by Gasteiger charge is -2.57. The van der Waals surface area contributed by atoms with E-state index in [0.29, 0.717) is 29.6 Å². The van der Waals surface area contributed by atoms with Gasteiger partial charge in [-0.05, 0) is 98.1 Å². The Balaban J connectivity index is 1.45. The van der Waals surface area contributed by atoms with E-state index in [1.54, 1.807) is 25.3 Å². The van der Waals surface area contributed by atoms with E-state index in [1.165, 1.54) is 19.3 Å². The van der Waals surface area contributed by atoms with Crippen molar-refractivity contribution >= 4 is 11.9 Å². The lowest BCUT2D eigenvalue weighted by Crippen LogP contribution is -2.48. The fraction of sp³-hybridized carbons (Fsp3) is 0.462. The normalized spacial score (nSPS) is 27.5. The molecule has 0 amide bonds. The van der Waals surface area contributed by atoms with Crippen LogP contribution in [0, 0.1) is 17.8 Å². The minimum atomic E-state index is -4.90. The molecule has 34 heavy (non-hydrogen) atoms. The number of halogens is 3. The van der Waals surface area contributed by atoms with Gasteiger partial charge >= 0.3 is 18.1 Å². The van der Waals surface area contributed by atoms with Crippen LogP contribution in [-0.4, -0.2) is 24.2 Å². The van der Waals surface area contributed by atoms with Gasteiger partial charge in [0.25, 0.3) is 0 Å². The summed E-state index contributed by atoms with van der Waals surface area (Å²) in [6, 6.07) is 7.43. The van der Waals surface area contributed by atoms with Gasteiger partial charge < -0.3 is 14.6 Å². The Morgan fingerprint density at radius 3 is 2.12 bits per heavy atom. The van der Waals surface area contributed by atoms with Crippen LogP contribution in [0.3, 0.4) is 0 Å². The van der Waals surface area contributed by atoms with E-state index in [-0.39, 0.29) is 16.7 Å². The van der Waals surface area contributed by atoms with Crippen molar-refractivity contribution in [1.82, 2.24) is 0 Å². The molecule has 6 rings (SSSR count). The summed E-state index contributed by atoms with van der Waals surface area (Å²) >= 11 is 0. The number of hydrogen-bond acceptors (Lipinski definition) is 4. The summed E-state index contributed by atoms with van der Waals surface area (Å²) in [5.74, 6) is -0.121. The minimum absolute atomic E-state index is 0.0526. The first-order chi connectivity index (χ1) is 16.1. The summed E-state index contributed by atoms with van der Waals surface area (Å²) in [7, 11) is 1.60. The van der Waals surface area contributed by atoms with Gasteiger partial charge in [0, 0.05) is 5.56 Å². The molecule has 0 saturated heterocycles. The number of methoxy groups -OCH3 is 1. The number of carbonyl (C=O) groups excluding carboxylic acids is 1. The molecular weight excluding hydrogens is 449 g/mol. The minimum Gasteiger partial charge on any atom is -0.496 e. The first-order valence-corrected chi connectivity index (χ1v) is 11.4. The number of ether oxygens (including phenoxy) is 2. The zero-order valence-corrected chi connectivity index (χ0v) is 18.7. The van der Waals surface area contributed by atoms with Gasteiger partial charge in [0.2, 0.25) is 0 Å². The Morgan fingerprint density at radius 1 is 0.971 bits per heavy atom. The summed E-state index contributed by atoms with van der Waals surface area (Å²) in [6.45, 7) is 0. The van der Waals surface area contributed by atoms with Crippen molar-refractivity contribution in [3.05, 3.63) is 58.7 Å². The topological polar surface area (TPSA) is 72.8 Å². The van der Waals surface area contributed by atoms with Gasteiger partial charge in [-0.25, -0.2) is 9.59 Å². The van der Waals surface area contributed by atoms with Gasteiger partial charge in [-0.3, -0.25) is 0 Å². The van der Waals surface area contributed by atoms with Crippen LogP contribution in [0.5, 0.6) is 11.5 Å². The molecule has 0 spiro atoms. The van der Waals surface area contributed by atoms with Gasteiger partial charge in [-0.2, -0.15) is 13.2 Å². The molecule has 0 unspecified atom stereocenters. The summed E-state index contributed by atoms with van der Waals surface area (Å²) in [5.41, 5.74) is -1.12. The summed E-state index contributed by atoms with van der Waals surface area (Å²) < 4.78 is 50.9. The predicted octanol–water partition coefficient (Wildman–Crippen LogP) is 6.10. The Kier molecular flexibility index (Phi) is 5.37. The third-order valence-electron chi connectivity index (χ3n) is 7.78. The van der Waals surface area contributed by atoms with Crippen molar-refractivity contribution in [1.29, 1.82) is 0 Å². The summed E-state index contributed by atoms with van der Waals surface area (Å²) in [6.07, 6.45) is 2.05. The van der Waals surface area contributed by atoms with Gasteiger partial charge in [0.1, 0.15) is 11.5 Å². The smallest absolute Gasteiger partial charge is 0.417 e. The Morgan fingerprint density at radius 2 is 1.59 bits per heavy atom. The van der Waals surface area contributed by atoms with Crippen molar-refractivity contribution in [2.24, 2.45) is 17.8 Å². The van der Waals surface area contributed by atoms with Crippen molar-refractivity contribution in [3.63, 3.8) is 0 Å². The summed E-state index contributed by atoms with van der Waals surface area (Å²) in [5, 5.41) is 9.06. The molecule has 4 bridgehead atoms. The van der Waals surface area contributed by atoms with Gasteiger partial charge in [-0.1, -0.05) is 0 Å². The monoisotopic (exact) mass is 474 g/mol. The second kappa shape index (κ2) is 8.03. The number of carboxylic acids is 1. The maximum absolute atomic E-state index is 13.3. The third-order valence-corrected chi connectivity index (χ3v) is 7.78. The van der Waals surface area contributed by atoms with Crippen molar-refractivity contribution < 1.29 is 37.3 Å². The number of benzene rings is 2. The molecule has 8 heteroatoms. The molecule has 0 aliphatic heterocycles.